The molecule has 1 heterocycles. The molecular weight excluding hydrogens is 282 g/mol. The van der Waals surface area contributed by atoms with Crippen LogP contribution in [0.5, 0.6) is 0 Å². The van der Waals surface area contributed by atoms with E-state index in [0.29, 0.717) is 5.69 Å². The number of hydrogen-bond acceptors (Lipinski definition) is 8. The van der Waals surface area contributed by atoms with Gasteiger partial charge in [0.1, 0.15) is 12.7 Å². The average Bonchev–Trinajstić information content (AvgIpc) is 2.73. The number of ether oxygens (including phenoxy) is 2. The quantitative estimate of drug-likeness (QED) is 0.451. The van der Waals surface area contributed by atoms with Gasteiger partial charge in [-0.25, -0.2) is 9.59 Å². The lowest BCUT2D eigenvalue weighted by Gasteiger charge is -2.17. The molecule has 112 valence electrons. The number of carbonyl (C=O) groups excluding carboxylic acids is 2. The number of rotatable bonds is 4. The fourth-order valence-electron chi connectivity index (χ4n) is 1.68. The first-order chi connectivity index (χ1) is 9.90. The zero-order valence-corrected chi connectivity index (χ0v) is 10.7. The Morgan fingerprint density at radius 1 is 1.33 bits per heavy atom. The summed E-state index contributed by atoms with van der Waals surface area (Å²) in [5, 5.41) is 28.2. The van der Waals surface area contributed by atoms with Gasteiger partial charge in [-0.1, -0.05) is 0 Å². The molecule has 0 radical (unpaired) electrons. The Morgan fingerprint density at radius 3 is 2.48 bits per heavy atom. The first-order valence-electron chi connectivity index (χ1n) is 5.94. The molecule has 0 bridgehead atoms. The number of carbonyl (C=O) groups is 2. The molecular formula is C13H13NO7. The summed E-state index contributed by atoms with van der Waals surface area (Å²) in [5.74, 6) is -3.63. The largest absolute Gasteiger partial charge is 0.505 e. The Balaban J connectivity index is 1.93. The molecule has 2 unspecified atom stereocenters. The van der Waals surface area contributed by atoms with Gasteiger partial charge in [0.15, 0.2) is 11.9 Å². The molecule has 0 amide bonds. The van der Waals surface area contributed by atoms with Crippen LogP contribution in [0.1, 0.15) is 10.4 Å². The molecule has 0 saturated carbocycles. The van der Waals surface area contributed by atoms with E-state index < -0.39 is 42.3 Å². The van der Waals surface area contributed by atoms with Gasteiger partial charge in [0.05, 0.1) is 5.56 Å². The van der Waals surface area contributed by atoms with Crippen molar-refractivity contribution >= 4 is 17.6 Å². The number of cyclic esters (lactones) is 1. The van der Waals surface area contributed by atoms with Gasteiger partial charge in [-0.05, 0) is 24.3 Å². The van der Waals surface area contributed by atoms with Gasteiger partial charge >= 0.3 is 11.9 Å². The summed E-state index contributed by atoms with van der Waals surface area (Å²) in [4.78, 5) is 22.6. The molecule has 2 atom stereocenters. The van der Waals surface area contributed by atoms with Crippen LogP contribution < -0.4 is 5.73 Å². The van der Waals surface area contributed by atoms with Crippen molar-refractivity contribution in [2.75, 3.05) is 12.3 Å². The van der Waals surface area contributed by atoms with Crippen LogP contribution in [-0.4, -0.2) is 46.1 Å². The fourth-order valence-corrected chi connectivity index (χ4v) is 1.68. The third kappa shape index (κ3) is 3.06. The van der Waals surface area contributed by atoms with Gasteiger partial charge in [-0.2, -0.15) is 0 Å². The monoisotopic (exact) mass is 295 g/mol. The highest BCUT2D eigenvalue weighted by molar-refractivity contribution is 5.90. The van der Waals surface area contributed by atoms with Crippen molar-refractivity contribution in [3.8, 4) is 0 Å². The van der Waals surface area contributed by atoms with E-state index in [2.05, 4.69) is 4.74 Å². The standard InChI is InChI=1S/C13H13NO7/c14-7-3-1-6(2-4-7)12(18)20-5-8(15)11-9(16)10(17)13(19)21-11/h1-4,8,11,15-17H,5,14H2. The van der Waals surface area contributed by atoms with Crippen LogP contribution in [0.2, 0.25) is 0 Å². The zero-order chi connectivity index (χ0) is 15.6. The van der Waals surface area contributed by atoms with Crippen molar-refractivity contribution in [2.45, 2.75) is 12.2 Å². The molecule has 1 aromatic rings. The van der Waals surface area contributed by atoms with Crippen LogP contribution in [0.4, 0.5) is 5.69 Å². The van der Waals surface area contributed by atoms with Crippen molar-refractivity contribution < 1.29 is 34.4 Å². The summed E-state index contributed by atoms with van der Waals surface area (Å²) >= 11 is 0. The van der Waals surface area contributed by atoms with Crippen molar-refractivity contribution in [3.05, 3.63) is 41.3 Å². The number of nitrogen functional groups attached to an aromatic ring is 1. The summed E-state index contributed by atoms with van der Waals surface area (Å²) in [7, 11) is 0. The summed E-state index contributed by atoms with van der Waals surface area (Å²) in [6.07, 6.45) is -2.96. The van der Waals surface area contributed by atoms with E-state index in [4.69, 9.17) is 15.6 Å². The second-order valence-corrected chi connectivity index (χ2v) is 4.35. The molecule has 0 saturated heterocycles. The third-order valence-corrected chi connectivity index (χ3v) is 2.82. The highest BCUT2D eigenvalue weighted by Gasteiger charge is 2.39. The van der Waals surface area contributed by atoms with Crippen molar-refractivity contribution in [1.82, 2.24) is 0 Å². The molecule has 2 rings (SSSR count). The molecule has 1 aromatic carbocycles. The molecule has 8 nitrogen and oxygen atoms in total. The zero-order valence-electron chi connectivity index (χ0n) is 10.7. The van der Waals surface area contributed by atoms with Crippen LogP contribution in [0, 0.1) is 0 Å². The first kappa shape index (κ1) is 14.7. The van der Waals surface area contributed by atoms with Crippen LogP contribution in [-0.2, 0) is 14.3 Å². The molecule has 0 aromatic heterocycles. The van der Waals surface area contributed by atoms with Crippen molar-refractivity contribution in [2.24, 2.45) is 0 Å². The van der Waals surface area contributed by atoms with Crippen LogP contribution >= 0.6 is 0 Å². The minimum atomic E-state index is -1.50. The average molecular weight is 295 g/mol. The number of aliphatic hydroxyl groups excluding tert-OH is 3. The number of aliphatic hydroxyl groups is 3. The predicted molar refractivity (Wildman–Crippen MR) is 69.3 cm³/mol. The highest BCUT2D eigenvalue weighted by atomic mass is 16.6. The highest BCUT2D eigenvalue weighted by Crippen LogP contribution is 2.21. The second-order valence-electron chi connectivity index (χ2n) is 4.35. The van der Waals surface area contributed by atoms with Gasteiger partial charge in [0, 0.05) is 5.69 Å². The molecule has 5 N–H and O–H groups in total. The topological polar surface area (TPSA) is 139 Å². The number of benzene rings is 1. The molecule has 0 spiro atoms. The minimum Gasteiger partial charge on any atom is -0.505 e. The number of nitrogens with two attached hydrogens (primary N) is 1. The number of hydrogen-bond donors (Lipinski definition) is 4. The minimum absolute atomic E-state index is 0.224. The lowest BCUT2D eigenvalue weighted by atomic mass is 10.2. The number of anilines is 1. The summed E-state index contributed by atoms with van der Waals surface area (Å²) in [6.45, 7) is -0.529. The van der Waals surface area contributed by atoms with Gasteiger partial charge in [-0.15, -0.1) is 0 Å². The van der Waals surface area contributed by atoms with E-state index in [-0.39, 0.29) is 5.56 Å². The van der Waals surface area contributed by atoms with E-state index in [0.717, 1.165) is 0 Å². The summed E-state index contributed by atoms with van der Waals surface area (Å²) in [6, 6.07) is 5.92. The maximum Gasteiger partial charge on any atom is 0.377 e. The Kier molecular flexibility index (Phi) is 3.99. The SMILES string of the molecule is Nc1ccc(C(=O)OCC(O)C2OC(=O)C(O)=C2O)cc1. The summed E-state index contributed by atoms with van der Waals surface area (Å²) in [5.41, 5.74) is 6.18. The van der Waals surface area contributed by atoms with Gasteiger partial charge < -0.3 is 30.5 Å². The van der Waals surface area contributed by atoms with Gasteiger partial charge in [-0.3, -0.25) is 0 Å². The first-order valence-corrected chi connectivity index (χ1v) is 5.94. The van der Waals surface area contributed by atoms with Crippen LogP contribution in [0.15, 0.2) is 35.8 Å². The van der Waals surface area contributed by atoms with Crippen molar-refractivity contribution in [1.29, 1.82) is 0 Å². The Morgan fingerprint density at radius 2 is 1.95 bits per heavy atom. The van der Waals surface area contributed by atoms with Crippen LogP contribution in [0.3, 0.4) is 0 Å². The van der Waals surface area contributed by atoms with Gasteiger partial charge in [0.2, 0.25) is 5.76 Å². The van der Waals surface area contributed by atoms with E-state index in [1.807, 2.05) is 0 Å². The number of esters is 2. The van der Waals surface area contributed by atoms with E-state index in [1.54, 1.807) is 0 Å². The third-order valence-electron chi connectivity index (χ3n) is 2.82. The normalized spacial score (nSPS) is 19.3. The maximum absolute atomic E-state index is 11.7. The molecule has 1 aliphatic heterocycles. The molecule has 0 aliphatic carbocycles. The Labute approximate surface area is 119 Å². The fraction of sp³-hybridized carbons (Fsp3) is 0.231. The lowest BCUT2D eigenvalue weighted by molar-refractivity contribution is -0.147. The second kappa shape index (κ2) is 5.71. The maximum atomic E-state index is 11.7. The smallest absolute Gasteiger partial charge is 0.377 e. The molecule has 1 aliphatic rings. The van der Waals surface area contributed by atoms with E-state index in [1.165, 1.54) is 24.3 Å². The summed E-state index contributed by atoms with van der Waals surface area (Å²) < 4.78 is 9.36. The van der Waals surface area contributed by atoms with Crippen LogP contribution in [0.25, 0.3) is 0 Å². The van der Waals surface area contributed by atoms with E-state index in [9.17, 15) is 19.8 Å². The lowest BCUT2D eigenvalue weighted by Crippen LogP contribution is -2.33. The molecule has 0 fully saturated rings. The Hall–Kier alpha value is -2.74. The van der Waals surface area contributed by atoms with Crippen molar-refractivity contribution in [3.63, 3.8) is 0 Å². The Bertz CT molecular complexity index is 593. The van der Waals surface area contributed by atoms with E-state index >= 15 is 0 Å². The van der Waals surface area contributed by atoms with Gasteiger partial charge in [0.25, 0.3) is 0 Å². The predicted octanol–water partition coefficient (Wildman–Crippen LogP) is 0.0395. The molecule has 8 heteroatoms. The molecule has 21 heavy (non-hydrogen) atoms.